The largest absolute Gasteiger partial charge is 0.504 e. The Balaban J connectivity index is 0.00000117. The minimum Gasteiger partial charge on any atom is -0.504 e. The Kier molecular flexibility index (Phi) is 7.07. The van der Waals surface area contributed by atoms with E-state index in [1.54, 1.807) is 6.07 Å². The Hall–Kier alpha value is -2.20. The number of hydrogen-bond donors (Lipinski definition) is 2. The zero-order valence-electron chi connectivity index (χ0n) is 18.4. The molecule has 29 heavy (non-hydrogen) atoms. The van der Waals surface area contributed by atoms with Gasteiger partial charge in [0.05, 0.1) is 18.8 Å². The maximum Gasteiger partial charge on any atom is 0.161 e. The summed E-state index contributed by atoms with van der Waals surface area (Å²) in [5.74, 6) is 1.61. The minimum absolute atomic E-state index is 0.114. The summed E-state index contributed by atoms with van der Waals surface area (Å²) < 4.78 is 11.9. The number of hydrogen-bond acceptors (Lipinski definition) is 4. The van der Waals surface area contributed by atoms with Crippen molar-refractivity contribution in [2.24, 2.45) is 5.92 Å². The standard InChI is InChI=1S/C23H29NO3.C2H6/c1-4-26-21-13-16(8-10-20(21)25)22-17-6-5-11-27-23(17)18-12-15(14(2)3)7-9-19(18)24-22;1-2/h7-10,12-14,17,22-25H,4-6,11H2,1-3H3;1-2H3/t17?,22-,23?;/m0./s1. The number of benzene rings is 2. The lowest BCUT2D eigenvalue weighted by Crippen LogP contribution is -2.36. The van der Waals surface area contributed by atoms with Crippen LogP contribution in [0.25, 0.3) is 0 Å². The first-order valence-corrected chi connectivity index (χ1v) is 11.1. The van der Waals surface area contributed by atoms with Gasteiger partial charge in [0, 0.05) is 23.8 Å². The van der Waals surface area contributed by atoms with Crippen LogP contribution in [0.3, 0.4) is 0 Å². The van der Waals surface area contributed by atoms with Crippen molar-refractivity contribution in [2.75, 3.05) is 18.5 Å². The second kappa shape index (κ2) is 9.53. The van der Waals surface area contributed by atoms with Gasteiger partial charge in [-0.2, -0.15) is 0 Å². The van der Waals surface area contributed by atoms with Crippen LogP contribution in [0.1, 0.15) is 82.2 Å². The highest BCUT2D eigenvalue weighted by Crippen LogP contribution is 2.50. The number of aromatic hydroxyl groups is 1. The molecule has 4 nitrogen and oxygen atoms in total. The van der Waals surface area contributed by atoms with Crippen LogP contribution in [0.2, 0.25) is 0 Å². The zero-order chi connectivity index (χ0) is 21.0. The van der Waals surface area contributed by atoms with E-state index >= 15 is 0 Å². The quantitative estimate of drug-likeness (QED) is 0.612. The summed E-state index contributed by atoms with van der Waals surface area (Å²) in [7, 11) is 0. The van der Waals surface area contributed by atoms with E-state index in [0.717, 1.165) is 30.7 Å². The molecule has 1 fully saturated rings. The number of nitrogens with one attached hydrogen (secondary N) is 1. The summed E-state index contributed by atoms with van der Waals surface area (Å²) in [5.41, 5.74) is 4.92. The van der Waals surface area contributed by atoms with Crippen molar-refractivity contribution in [3.05, 3.63) is 53.1 Å². The van der Waals surface area contributed by atoms with Crippen molar-refractivity contribution in [2.45, 2.75) is 65.5 Å². The molecule has 2 N–H and O–H groups in total. The topological polar surface area (TPSA) is 50.7 Å². The van der Waals surface area contributed by atoms with E-state index in [-0.39, 0.29) is 17.9 Å². The molecule has 2 aliphatic heterocycles. The molecule has 2 aromatic carbocycles. The highest BCUT2D eigenvalue weighted by atomic mass is 16.5. The number of ether oxygens (including phenoxy) is 2. The maximum atomic E-state index is 10.1. The van der Waals surface area contributed by atoms with Gasteiger partial charge in [-0.1, -0.05) is 45.9 Å². The number of rotatable bonds is 4. The van der Waals surface area contributed by atoms with Crippen molar-refractivity contribution in [1.29, 1.82) is 0 Å². The molecule has 4 rings (SSSR count). The van der Waals surface area contributed by atoms with Gasteiger partial charge in [-0.25, -0.2) is 0 Å². The van der Waals surface area contributed by atoms with Crippen molar-refractivity contribution in [1.82, 2.24) is 0 Å². The van der Waals surface area contributed by atoms with Crippen LogP contribution in [0.4, 0.5) is 5.69 Å². The molecular formula is C25H35NO3. The molecule has 0 spiro atoms. The third-order valence-corrected chi connectivity index (χ3v) is 5.80. The molecule has 0 aliphatic carbocycles. The van der Waals surface area contributed by atoms with Crippen LogP contribution < -0.4 is 10.1 Å². The first-order chi connectivity index (χ1) is 14.1. The molecule has 0 amide bonds. The molecule has 158 valence electrons. The Morgan fingerprint density at radius 1 is 1.17 bits per heavy atom. The molecule has 2 heterocycles. The molecule has 0 bridgehead atoms. The van der Waals surface area contributed by atoms with Crippen LogP contribution in [-0.4, -0.2) is 18.3 Å². The van der Waals surface area contributed by atoms with Gasteiger partial charge in [0.15, 0.2) is 11.5 Å². The summed E-state index contributed by atoms with van der Waals surface area (Å²) >= 11 is 0. The van der Waals surface area contributed by atoms with Crippen molar-refractivity contribution in [3.8, 4) is 11.5 Å². The highest BCUT2D eigenvalue weighted by molar-refractivity contribution is 5.59. The zero-order valence-corrected chi connectivity index (χ0v) is 18.4. The van der Waals surface area contributed by atoms with Crippen LogP contribution in [0.5, 0.6) is 11.5 Å². The van der Waals surface area contributed by atoms with E-state index in [1.165, 1.54) is 11.1 Å². The average molecular weight is 398 g/mol. The molecule has 2 unspecified atom stereocenters. The summed E-state index contributed by atoms with van der Waals surface area (Å²) in [5, 5.41) is 13.8. The Morgan fingerprint density at radius 2 is 1.97 bits per heavy atom. The predicted molar refractivity (Wildman–Crippen MR) is 119 cm³/mol. The molecule has 2 aromatic rings. The van der Waals surface area contributed by atoms with E-state index in [0.29, 0.717) is 24.2 Å². The lowest BCUT2D eigenvalue weighted by atomic mass is 9.77. The third kappa shape index (κ3) is 4.37. The van der Waals surface area contributed by atoms with Crippen molar-refractivity contribution >= 4 is 5.69 Å². The fraction of sp³-hybridized carbons (Fsp3) is 0.520. The Bertz CT molecular complexity index is 818. The fourth-order valence-electron chi connectivity index (χ4n) is 4.37. The van der Waals surface area contributed by atoms with Crippen LogP contribution in [0.15, 0.2) is 36.4 Å². The first kappa shape index (κ1) is 21.5. The summed E-state index contributed by atoms with van der Waals surface area (Å²) in [6, 6.07) is 12.6. The summed E-state index contributed by atoms with van der Waals surface area (Å²) in [6.45, 7) is 11.7. The van der Waals surface area contributed by atoms with E-state index in [1.807, 2.05) is 32.9 Å². The van der Waals surface area contributed by atoms with Gasteiger partial charge in [0.25, 0.3) is 0 Å². The summed E-state index contributed by atoms with van der Waals surface area (Å²) in [4.78, 5) is 0. The van der Waals surface area contributed by atoms with Gasteiger partial charge in [0.1, 0.15) is 0 Å². The van der Waals surface area contributed by atoms with E-state index in [4.69, 9.17) is 9.47 Å². The predicted octanol–water partition coefficient (Wildman–Crippen LogP) is 6.58. The molecule has 3 atom stereocenters. The van der Waals surface area contributed by atoms with Gasteiger partial charge in [-0.05, 0) is 55.0 Å². The van der Waals surface area contributed by atoms with Crippen LogP contribution in [0, 0.1) is 5.92 Å². The van der Waals surface area contributed by atoms with Gasteiger partial charge in [0.2, 0.25) is 0 Å². The van der Waals surface area contributed by atoms with Gasteiger partial charge in [-0.3, -0.25) is 0 Å². The SMILES string of the molecule is CC.CCOc1cc([C@@H]2Nc3ccc(C(C)C)cc3C3OCCCC32)ccc1O. The normalized spacial score (nSPS) is 22.6. The van der Waals surface area contributed by atoms with E-state index in [2.05, 4.69) is 37.4 Å². The number of anilines is 1. The second-order valence-electron chi connectivity index (χ2n) is 7.88. The molecule has 1 saturated heterocycles. The molecule has 4 heteroatoms. The Labute approximate surface area is 175 Å². The third-order valence-electron chi connectivity index (χ3n) is 5.80. The second-order valence-corrected chi connectivity index (χ2v) is 7.88. The number of phenolic OH excluding ortho intramolecular Hbond substituents is 1. The molecule has 0 aromatic heterocycles. The first-order valence-electron chi connectivity index (χ1n) is 11.1. The van der Waals surface area contributed by atoms with Crippen molar-refractivity contribution < 1.29 is 14.6 Å². The lowest BCUT2D eigenvalue weighted by molar-refractivity contribution is -0.0382. The highest BCUT2D eigenvalue weighted by Gasteiger charge is 2.40. The number of fused-ring (bicyclic) bond motifs is 3. The number of phenols is 1. The maximum absolute atomic E-state index is 10.1. The van der Waals surface area contributed by atoms with Crippen molar-refractivity contribution in [3.63, 3.8) is 0 Å². The van der Waals surface area contributed by atoms with Crippen LogP contribution in [-0.2, 0) is 4.74 Å². The molecular weight excluding hydrogens is 362 g/mol. The van der Waals surface area contributed by atoms with Gasteiger partial charge < -0.3 is 19.9 Å². The van der Waals surface area contributed by atoms with E-state index < -0.39 is 0 Å². The smallest absolute Gasteiger partial charge is 0.161 e. The lowest BCUT2D eigenvalue weighted by Gasteiger charge is -2.43. The molecule has 2 aliphatic rings. The van der Waals surface area contributed by atoms with Crippen LogP contribution >= 0.6 is 0 Å². The Morgan fingerprint density at radius 3 is 2.69 bits per heavy atom. The average Bonchev–Trinajstić information content (AvgIpc) is 2.76. The van der Waals surface area contributed by atoms with Gasteiger partial charge in [-0.15, -0.1) is 0 Å². The van der Waals surface area contributed by atoms with Gasteiger partial charge >= 0.3 is 0 Å². The molecule has 0 saturated carbocycles. The molecule has 0 radical (unpaired) electrons. The summed E-state index contributed by atoms with van der Waals surface area (Å²) in [6.07, 6.45) is 2.32. The monoisotopic (exact) mass is 397 g/mol. The van der Waals surface area contributed by atoms with E-state index in [9.17, 15) is 5.11 Å². The minimum atomic E-state index is 0.114. The fourth-order valence-corrected chi connectivity index (χ4v) is 4.37.